The highest BCUT2D eigenvalue weighted by Crippen LogP contribution is 2.43. The predicted octanol–water partition coefficient (Wildman–Crippen LogP) is 3.97. The third-order valence-electron chi connectivity index (χ3n) is 5.83. The number of nitrogens with two attached hydrogens (primary N) is 1. The largest absolute Gasteiger partial charge is 0.504 e. The first-order valence-electron chi connectivity index (χ1n) is 10.2. The molecule has 162 valence electrons. The molecule has 0 radical (unpaired) electrons. The number of nitrogens with zero attached hydrogens (tertiary/aromatic N) is 1. The van der Waals surface area contributed by atoms with Crippen LogP contribution in [0, 0.1) is 0 Å². The van der Waals surface area contributed by atoms with E-state index in [0.717, 1.165) is 11.0 Å². The van der Waals surface area contributed by atoms with Gasteiger partial charge in [0.1, 0.15) is 0 Å². The first kappa shape index (κ1) is 20.4. The van der Waals surface area contributed by atoms with Crippen molar-refractivity contribution in [2.45, 2.75) is 6.42 Å². The van der Waals surface area contributed by atoms with Crippen molar-refractivity contribution in [3.8, 4) is 22.6 Å². The molecule has 0 aliphatic carbocycles. The number of carbonyl (C=O) groups is 2. The van der Waals surface area contributed by atoms with Crippen molar-refractivity contribution in [1.82, 2.24) is 9.88 Å². The topological polar surface area (TPSA) is 107 Å². The van der Waals surface area contributed by atoms with Gasteiger partial charge in [0.05, 0.1) is 28.8 Å². The van der Waals surface area contributed by atoms with Crippen LogP contribution in [0.2, 0.25) is 5.02 Å². The Balaban J connectivity index is 1.85. The number of aromatic hydroxyl groups is 1. The molecule has 5 rings (SSSR count). The van der Waals surface area contributed by atoms with Crippen LogP contribution in [-0.2, 0) is 7.05 Å². The highest BCUT2D eigenvalue weighted by atomic mass is 35.5. The summed E-state index contributed by atoms with van der Waals surface area (Å²) in [6.45, 7) is 0.861. The predicted molar refractivity (Wildman–Crippen MR) is 123 cm³/mol. The Kier molecular flexibility index (Phi) is 4.80. The number of phenolic OH excluding ortho intramolecular Hbond substituents is 1. The first-order chi connectivity index (χ1) is 15.4. The van der Waals surface area contributed by atoms with E-state index in [1.807, 2.05) is 35.9 Å². The van der Waals surface area contributed by atoms with Crippen molar-refractivity contribution in [3.05, 3.63) is 58.6 Å². The van der Waals surface area contributed by atoms with E-state index in [1.54, 1.807) is 18.2 Å². The van der Waals surface area contributed by atoms with E-state index in [-0.39, 0.29) is 16.9 Å². The van der Waals surface area contributed by atoms with Gasteiger partial charge in [-0.1, -0.05) is 29.8 Å². The maximum absolute atomic E-state index is 12.9. The van der Waals surface area contributed by atoms with Crippen molar-refractivity contribution < 1.29 is 19.4 Å². The van der Waals surface area contributed by atoms with Crippen LogP contribution in [0.3, 0.4) is 0 Å². The molecule has 0 bridgehead atoms. The average molecular weight is 450 g/mol. The number of hydrogen-bond donors (Lipinski definition) is 3. The summed E-state index contributed by atoms with van der Waals surface area (Å²) in [7, 11) is 1.86. The molecule has 4 N–H and O–H groups in total. The van der Waals surface area contributed by atoms with E-state index in [4.69, 9.17) is 22.1 Å². The van der Waals surface area contributed by atoms with E-state index >= 15 is 0 Å². The van der Waals surface area contributed by atoms with Gasteiger partial charge in [-0.15, -0.1) is 0 Å². The quantitative estimate of drug-likeness (QED) is 0.316. The molecule has 1 aliphatic heterocycles. The van der Waals surface area contributed by atoms with Gasteiger partial charge in [-0.25, -0.2) is 0 Å². The van der Waals surface area contributed by atoms with Gasteiger partial charge in [0.25, 0.3) is 11.8 Å². The molecule has 1 aromatic heterocycles. The number of hydrogen-bond acceptors (Lipinski definition) is 5. The summed E-state index contributed by atoms with van der Waals surface area (Å²) in [4.78, 5) is 25.6. The Morgan fingerprint density at radius 3 is 2.56 bits per heavy atom. The van der Waals surface area contributed by atoms with Crippen molar-refractivity contribution in [2.75, 3.05) is 13.2 Å². The summed E-state index contributed by atoms with van der Waals surface area (Å²) in [6.07, 6.45) is 0.656. The molecule has 0 atom stereocenters. The molecular weight excluding hydrogens is 430 g/mol. The van der Waals surface area contributed by atoms with Crippen molar-refractivity contribution in [1.29, 1.82) is 0 Å². The third kappa shape index (κ3) is 2.93. The number of fused-ring (bicyclic) bond motifs is 5. The van der Waals surface area contributed by atoms with Crippen LogP contribution in [0.25, 0.3) is 32.9 Å². The Morgan fingerprint density at radius 2 is 1.81 bits per heavy atom. The molecule has 0 fully saturated rings. The molecule has 8 heteroatoms. The average Bonchev–Trinajstić information content (AvgIpc) is 3.21. The zero-order chi connectivity index (χ0) is 22.6. The highest BCUT2D eigenvalue weighted by Gasteiger charge is 2.34. The van der Waals surface area contributed by atoms with Crippen LogP contribution < -0.4 is 15.8 Å². The number of imide groups is 1. The lowest BCUT2D eigenvalue weighted by molar-refractivity contribution is 0.0880. The van der Waals surface area contributed by atoms with Gasteiger partial charge in [0.2, 0.25) is 0 Å². The molecule has 1 aliphatic rings. The van der Waals surface area contributed by atoms with E-state index in [1.165, 1.54) is 0 Å². The number of amides is 2. The maximum Gasteiger partial charge on any atom is 0.259 e. The number of rotatable bonds is 5. The minimum Gasteiger partial charge on any atom is -0.504 e. The van der Waals surface area contributed by atoms with Crippen LogP contribution in [0.4, 0.5) is 0 Å². The number of carbonyl (C=O) groups excluding carboxylic acids is 2. The summed E-state index contributed by atoms with van der Waals surface area (Å²) in [5.74, 6) is -0.653. The summed E-state index contributed by atoms with van der Waals surface area (Å²) in [5.41, 5.74) is 8.82. The number of ether oxygens (including phenoxy) is 1. The third-order valence-corrected chi connectivity index (χ3v) is 6.16. The number of nitrogens with one attached hydrogen (secondary N) is 1. The first-order valence-corrected chi connectivity index (χ1v) is 10.6. The maximum atomic E-state index is 12.9. The van der Waals surface area contributed by atoms with E-state index in [0.29, 0.717) is 52.2 Å². The van der Waals surface area contributed by atoms with Gasteiger partial charge < -0.3 is 20.1 Å². The Bertz CT molecular complexity index is 1440. The molecular formula is C24H20ClN3O4. The Morgan fingerprint density at radius 1 is 1.06 bits per heavy atom. The van der Waals surface area contributed by atoms with Crippen LogP contribution in [0.15, 0.2) is 42.5 Å². The lowest BCUT2D eigenvalue weighted by atomic mass is 9.93. The Hall–Kier alpha value is -3.55. The molecule has 0 saturated heterocycles. The summed E-state index contributed by atoms with van der Waals surface area (Å²) in [6, 6.07) is 12.4. The van der Waals surface area contributed by atoms with Gasteiger partial charge in [0, 0.05) is 34.5 Å². The van der Waals surface area contributed by atoms with Crippen molar-refractivity contribution in [3.63, 3.8) is 0 Å². The second kappa shape index (κ2) is 7.55. The molecule has 0 spiro atoms. The fraction of sp³-hybridized carbons (Fsp3) is 0.167. The minimum absolute atomic E-state index is 0.0457. The van der Waals surface area contributed by atoms with E-state index < -0.39 is 11.8 Å². The second-order valence-corrected chi connectivity index (χ2v) is 8.13. The molecule has 4 aromatic rings. The number of halogens is 1. The standard InChI is InChI=1S/C24H20ClN3O4/c1-28-16-11-19(32-8-4-7-26)18(29)10-14(16)20-17(28)9-13(12-5-2-3-6-15(12)25)21-22(20)24(31)27-23(21)30/h2-3,5-6,9-11,29H,4,7-8,26H2,1H3,(H,27,30,31). The highest BCUT2D eigenvalue weighted by molar-refractivity contribution is 6.36. The second-order valence-electron chi connectivity index (χ2n) is 7.72. The molecule has 3 aromatic carbocycles. The van der Waals surface area contributed by atoms with Crippen LogP contribution in [0.1, 0.15) is 27.1 Å². The summed E-state index contributed by atoms with van der Waals surface area (Å²) in [5, 5.41) is 14.7. The number of benzene rings is 3. The van der Waals surface area contributed by atoms with Gasteiger partial charge in [-0.05, 0) is 36.7 Å². The normalized spacial score (nSPS) is 13.1. The summed E-state index contributed by atoms with van der Waals surface area (Å²) < 4.78 is 7.60. The van der Waals surface area contributed by atoms with Gasteiger partial charge in [-0.3, -0.25) is 14.9 Å². The molecule has 0 saturated carbocycles. The molecule has 0 unspecified atom stereocenters. The zero-order valence-corrected chi connectivity index (χ0v) is 18.0. The SMILES string of the molecule is Cn1c2cc(OCCCN)c(O)cc2c2c3c(c(-c4ccccc4Cl)cc21)C(=O)NC3=O. The van der Waals surface area contributed by atoms with E-state index in [9.17, 15) is 14.7 Å². The monoisotopic (exact) mass is 449 g/mol. The molecule has 2 heterocycles. The lowest BCUT2D eigenvalue weighted by Crippen LogP contribution is -2.20. The van der Waals surface area contributed by atoms with Crippen LogP contribution in [-0.4, -0.2) is 34.6 Å². The minimum atomic E-state index is -0.473. The van der Waals surface area contributed by atoms with Gasteiger partial charge in [0.15, 0.2) is 11.5 Å². The number of aromatic nitrogens is 1. The van der Waals surface area contributed by atoms with Crippen molar-refractivity contribution >= 4 is 45.2 Å². The van der Waals surface area contributed by atoms with Gasteiger partial charge >= 0.3 is 0 Å². The lowest BCUT2D eigenvalue weighted by Gasteiger charge is -2.10. The van der Waals surface area contributed by atoms with Crippen molar-refractivity contribution in [2.24, 2.45) is 12.8 Å². The Labute approximate surface area is 188 Å². The molecule has 7 nitrogen and oxygen atoms in total. The van der Waals surface area contributed by atoms with Gasteiger partial charge in [-0.2, -0.15) is 0 Å². The van der Waals surface area contributed by atoms with E-state index in [2.05, 4.69) is 5.32 Å². The summed E-state index contributed by atoms with van der Waals surface area (Å²) >= 11 is 6.43. The zero-order valence-electron chi connectivity index (χ0n) is 17.2. The number of phenols is 1. The molecule has 32 heavy (non-hydrogen) atoms. The fourth-order valence-corrected chi connectivity index (χ4v) is 4.57. The molecule has 2 amide bonds. The van der Waals surface area contributed by atoms with Crippen LogP contribution >= 0.6 is 11.6 Å². The number of aryl methyl sites for hydroxylation is 1. The smallest absolute Gasteiger partial charge is 0.259 e. The fourth-order valence-electron chi connectivity index (χ4n) is 4.34. The van der Waals surface area contributed by atoms with Crippen LogP contribution in [0.5, 0.6) is 11.5 Å².